The van der Waals surface area contributed by atoms with Crippen molar-refractivity contribution in [2.24, 2.45) is 5.92 Å². The van der Waals surface area contributed by atoms with Gasteiger partial charge in [0.2, 0.25) is 0 Å². The van der Waals surface area contributed by atoms with Crippen LogP contribution in [0, 0.1) is 5.92 Å². The molecular weight excluding hydrogens is 232 g/mol. The molecule has 0 aliphatic heterocycles. The molecule has 0 heterocycles. The maximum absolute atomic E-state index is 11.0. The lowest BCUT2D eigenvalue weighted by Crippen LogP contribution is -2.03. The summed E-state index contributed by atoms with van der Waals surface area (Å²) in [6.07, 6.45) is 7.40. The van der Waals surface area contributed by atoms with Gasteiger partial charge in [-0.25, -0.2) is 4.79 Å². The summed E-state index contributed by atoms with van der Waals surface area (Å²) in [4.78, 5) is 11.0. The number of halogens is 1. The van der Waals surface area contributed by atoms with Crippen LogP contribution < -0.4 is 0 Å². The Hall–Kier alpha value is -0.570. The monoisotopic (exact) mass is 244 g/mol. The minimum Gasteiger partial charge on any atom is -0.462 e. The molecule has 2 nitrogen and oxygen atoms in total. The van der Waals surface area contributed by atoms with E-state index in [1.54, 1.807) is 6.08 Å². The van der Waals surface area contributed by atoms with Crippen molar-refractivity contribution in [3.05, 3.63) is 22.7 Å². The van der Waals surface area contributed by atoms with Crippen LogP contribution in [0.25, 0.3) is 0 Å². The highest BCUT2D eigenvalue weighted by atomic mass is 79.9. The summed E-state index contributed by atoms with van der Waals surface area (Å²) in [5.41, 5.74) is 0. The second-order valence-electron chi connectivity index (χ2n) is 3.08. The van der Waals surface area contributed by atoms with Gasteiger partial charge in [0.05, 0.1) is 6.61 Å². The van der Waals surface area contributed by atoms with Gasteiger partial charge in [0.15, 0.2) is 0 Å². The van der Waals surface area contributed by atoms with Gasteiger partial charge in [0.25, 0.3) is 0 Å². The zero-order valence-electron chi connectivity index (χ0n) is 7.63. The molecule has 0 aromatic carbocycles. The minimum absolute atomic E-state index is 0.259. The molecule has 1 aliphatic carbocycles. The van der Waals surface area contributed by atoms with Crippen LogP contribution >= 0.6 is 15.9 Å². The van der Waals surface area contributed by atoms with Gasteiger partial charge in [0, 0.05) is 10.6 Å². The summed E-state index contributed by atoms with van der Waals surface area (Å²) in [7, 11) is 0. The van der Waals surface area contributed by atoms with Gasteiger partial charge >= 0.3 is 5.97 Å². The van der Waals surface area contributed by atoms with Crippen molar-refractivity contribution >= 4 is 21.9 Å². The number of carbonyl (C=O) groups excluding carboxylic acids is 1. The lowest BCUT2D eigenvalue weighted by molar-refractivity contribution is -0.138. The molecule has 1 saturated carbocycles. The fourth-order valence-electron chi connectivity index (χ4n) is 0.776. The van der Waals surface area contributed by atoms with E-state index in [1.807, 2.05) is 13.0 Å². The topological polar surface area (TPSA) is 26.3 Å². The molecule has 0 aromatic rings. The van der Waals surface area contributed by atoms with Crippen molar-refractivity contribution in [2.75, 3.05) is 6.61 Å². The molecule has 13 heavy (non-hydrogen) atoms. The number of rotatable bonds is 4. The SMILES string of the molecule is CC=C(Br)C=CC(=O)OCC1CC1. The van der Waals surface area contributed by atoms with E-state index in [2.05, 4.69) is 15.9 Å². The highest BCUT2D eigenvalue weighted by molar-refractivity contribution is 9.11. The molecule has 0 bridgehead atoms. The van der Waals surface area contributed by atoms with Gasteiger partial charge in [-0.1, -0.05) is 22.0 Å². The Morgan fingerprint density at radius 2 is 2.23 bits per heavy atom. The lowest BCUT2D eigenvalue weighted by Gasteiger charge is -1.97. The van der Waals surface area contributed by atoms with Crippen LogP contribution in [0.1, 0.15) is 19.8 Å². The Morgan fingerprint density at radius 1 is 1.54 bits per heavy atom. The molecule has 0 amide bonds. The number of hydrogen-bond acceptors (Lipinski definition) is 2. The molecule has 0 atom stereocenters. The van der Waals surface area contributed by atoms with E-state index < -0.39 is 0 Å². The Balaban J connectivity index is 2.18. The van der Waals surface area contributed by atoms with Crippen LogP contribution in [0.4, 0.5) is 0 Å². The Morgan fingerprint density at radius 3 is 2.77 bits per heavy atom. The largest absolute Gasteiger partial charge is 0.462 e. The quantitative estimate of drug-likeness (QED) is 0.432. The predicted octanol–water partition coefficient (Wildman–Crippen LogP) is 2.79. The van der Waals surface area contributed by atoms with Gasteiger partial charge in [-0.2, -0.15) is 0 Å². The smallest absolute Gasteiger partial charge is 0.330 e. The number of allylic oxidation sites excluding steroid dienone is 3. The summed E-state index contributed by atoms with van der Waals surface area (Å²) >= 11 is 3.26. The number of carbonyl (C=O) groups is 1. The molecular formula is C10H13BrO2. The summed E-state index contributed by atoms with van der Waals surface area (Å²) in [6, 6.07) is 0. The van der Waals surface area contributed by atoms with Crippen molar-refractivity contribution in [1.82, 2.24) is 0 Å². The van der Waals surface area contributed by atoms with Crippen LogP contribution in [0.5, 0.6) is 0 Å². The molecule has 1 aliphatic rings. The molecule has 3 heteroatoms. The first-order valence-corrected chi connectivity index (χ1v) is 5.18. The van der Waals surface area contributed by atoms with Crippen LogP contribution in [0.15, 0.2) is 22.7 Å². The number of hydrogen-bond donors (Lipinski definition) is 0. The standard InChI is InChI=1S/C10H13BrO2/c1-2-9(11)5-6-10(12)13-7-8-3-4-8/h2,5-6,8H,3-4,7H2,1H3. The molecule has 0 saturated heterocycles. The van der Waals surface area contributed by atoms with Crippen molar-refractivity contribution in [2.45, 2.75) is 19.8 Å². The van der Waals surface area contributed by atoms with E-state index in [9.17, 15) is 4.79 Å². The summed E-state index contributed by atoms with van der Waals surface area (Å²) < 4.78 is 5.87. The average Bonchev–Trinajstić information content (AvgIpc) is 2.94. The van der Waals surface area contributed by atoms with Gasteiger partial charge in [0.1, 0.15) is 0 Å². The fourth-order valence-corrected chi connectivity index (χ4v) is 0.909. The van der Waals surface area contributed by atoms with Crippen molar-refractivity contribution < 1.29 is 9.53 Å². The molecule has 1 fully saturated rings. The van der Waals surface area contributed by atoms with E-state index in [-0.39, 0.29) is 5.97 Å². The highest BCUT2D eigenvalue weighted by Gasteiger charge is 2.22. The van der Waals surface area contributed by atoms with Crippen LogP contribution in [0.3, 0.4) is 0 Å². The van der Waals surface area contributed by atoms with E-state index in [0.29, 0.717) is 12.5 Å². The van der Waals surface area contributed by atoms with Gasteiger partial charge in [-0.05, 0) is 31.8 Å². The zero-order chi connectivity index (χ0) is 9.68. The Labute approximate surface area is 86.8 Å². The van der Waals surface area contributed by atoms with E-state index >= 15 is 0 Å². The highest BCUT2D eigenvalue weighted by Crippen LogP contribution is 2.28. The van der Waals surface area contributed by atoms with Crippen LogP contribution in [0.2, 0.25) is 0 Å². The van der Waals surface area contributed by atoms with E-state index in [4.69, 9.17) is 4.74 Å². The van der Waals surface area contributed by atoms with Crippen molar-refractivity contribution in [1.29, 1.82) is 0 Å². The maximum Gasteiger partial charge on any atom is 0.330 e. The molecule has 72 valence electrons. The third kappa shape index (κ3) is 4.88. The lowest BCUT2D eigenvalue weighted by atomic mass is 10.4. The second-order valence-corrected chi connectivity index (χ2v) is 4.00. The molecule has 0 radical (unpaired) electrons. The van der Waals surface area contributed by atoms with Crippen LogP contribution in [-0.4, -0.2) is 12.6 Å². The predicted molar refractivity (Wildman–Crippen MR) is 55.5 cm³/mol. The Bertz CT molecular complexity index is 239. The summed E-state index contributed by atoms with van der Waals surface area (Å²) in [6.45, 7) is 2.47. The van der Waals surface area contributed by atoms with E-state index in [0.717, 1.165) is 4.48 Å². The average molecular weight is 245 g/mol. The Kier molecular flexibility index (Phi) is 4.22. The second kappa shape index (κ2) is 5.22. The summed E-state index contributed by atoms with van der Waals surface area (Å²) in [5.74, 6) is 0.369. The van der Waals surface area contributed by atoms with Gasteiger partial charge in [-0.15, -0.1) is 0 Å². The first kappa shape index (κ1) is 10.5. The maximum atomic E-state index is 11.0. The molecule has 1 rings (SSSR count). The molecule has 0 aromatic heterocycles. The van der Waals surface area contributed by atoms with Crippen LogP contribution in [-0.2, 0) is 9.53 Å². The fraction of sp³-hybridized carbons (Fsp3) is 0.500. The zero-order valence-corrected chi connectivity index (χ0v) is 9.21. The number of esters is 1. The molecule has 0 spiro atoms. The minimum atomic E-state index is -0.259. The van der Waals surface area contributed by atoms with Crippen molar-refractivity contribution in [3.63, 3.8) is 0 Å². The third-order valence-electron chi connectivity index (χ3n) is 1.81. The first-order chi connectivity index (χ1) is 6.22. The van der Waals surface area contributed by atoms with Gasteiger partial charge in [-0.3, -0.25) is 0 Å². The number of ether oxygens (including phenoxy) is 1. The normalized spacial score (nSPS) is 17.8. The van der Waals surface area contributed by atoms with Gasteiger partial charge < -0.3 is 4.74 Å². The molecule has 0 unspecified atom stereocenters. The van der Waals surface area contributed by atoms with Crippen molar-refractivity contribution in [3.8, 4) is 0 Å². The summed E-state index contributed by atoms with van der Waals surface area (Å²) in [5, 5.41) is 0. The molecule has 0 N–H and O–H groups in total. The van der Waals surface area contributed by atoms with E-state index in [1.165, 1.54) is 18.9 Å². The third-order valence-corrected chi connectivity index (χ3v) is 2.53. The first-order valence-electron chi connectivity index (χ1n) is 4.39.